The van der Waals surface area contributed by atoms with Crippen LogP contribution in [0.1, 0.15) is 46.5 Å². The van der Waals surface area contributed by atoms with E-state index in [0.29, 0.717) is 16.7 Å². The molecule has 1 aliphatic heterocycles. The highest BCUT2D eigenvalue weighted by Gasteiger charge is 2.32. The van der Waals surface area contributed by atoms with Crippen LogP contribution in [0.4, 0.5) is 0 Å². The minimum absolute atomic E-state index is 0.0538. The lowest BCUT2D eigenvalue weighted by Crippen LogP contribution is -2.12. The Hall–Kier alpha value is -3.37. The second-order valence-electron chi connectivity index (χ2n) is 6.84. The van der Waals surface area contributed by atoms with Gasteiger partial charge in [-0.15, -0.1) is 10.2 Å². The summed E-state index contributed by atoms with van der Waals surface area (Å²) in [7, 11) is 0. The zero-order valence-corrected chi connectivity index (χ0v) is 16.9. The smallest absolute Gasteiger partial charge is 0.322 e. The highest BCUT2D eigenvalue weighted by Crippen LogP contribution is 2.35. The van der Waals surface area contributed by atoms with Gasteiger partial charge in [-0.3, -0.25) is 14.4 Å². The zero-order valence-electron chi connectivity index (χ0n) is 16.2. The molecule has 29 heavy (non-hydrogen) atoms. The molecule has 2 aromatic heterocycles. The predicted molar refractivity (Wildman–Crippen MR) is 109 cm³/mol. The fourth-order valence-electron chi connectivity index (χ4n) is 3.53. The Kier molecular flexibility index (Phi) is 4.73. The molecule has 0 saturated heterocycles. The number of H-pyrrole nitrogens is 1. The summed E-state index contributed by atoms with van der Waals surface area (Å²) in [5.41, 5.74) is 4.62. The van der Waals surface area contributed by atoms with Gasteiger partial charge in [-0.25, -0.2) is 0 Å². The SMILES string of the molecule is C#COC(=O)CC1N=C(c2ccc(Cl)cc2)c2c([nH]c(C)c2C)-n2c(C)nnc21. The number of ether oxygens (including phenoxy) is 1. The van der Waals surface area contributed by atoms with Gasteiger partial charge in [-0.1, -0.05) is 30.2 Å². The van der Waals surface area contributed by atoms with Crippen molar-refractivity contribution in [2.24, 2.45) is 4.99 Å². The van der Waals surface area contributed by atoms with Crippen molar-refractivity contribution in [1.82, 2.24) is 19.7 Å². The zero-order chi connectivity index (χ0) is 20.7. The number of aryl methyl sites for hydroxylation is 2. The minimum atomic E-state index is -0.608. The first-order chi connectivity index (χ1) is 13.9. The summed E-state index contributed by atoms with van der Waals surface area (Å²) >= 11 is 6.08. The third-order valence-electron chi connectivity index (χ3n) is 5.02. The highest BCUT2D eigenvalue weighted by molar-refractivity contribution is 6.30. The first-order valence-electron chi connectivity index (χ1n) is 9.01. The van der Waals surface area contributed by atoms with Crippen LogP contribution in [0.25, 0.3) is 5.82 Å². The molecule has 0 fully saturated rings. The van der Waals surface area contributed by atoms with E-state index in [-0.39, 0.29) is 6.42 Å². The van der Waals surface area contributed by atoms with E-state index < -0.39 is 12.0 Å². The number of nitrogens with one attached hydrogen (secondary N) is 1. The summed E-state index contributed by atoms with van der Waals surface area (Å²) in [5, 5.41) is 9.13. The molecule has 0 aliphatic carbocycles. The fraction of sp³-hybridized carbons (Fsp3) is 0.238. The number of hydrogen-bond acceptors (Lipinski definition) is 5. The standard InChI is InChI=1S/C21H18ClN5O2/c1-5-29-17(28)10-16-20-26-25-13(4)27(20)21-18(11(2)12(3)23-21)19(24-16)14-6-8-15(22)9-7-14/h1,6-9,16,23H,10H2,2-4H3. The van der Waals surface area contributed by atoms with Gasteiger partial charge in [0.25, 0.3) is 0 Å². The fourth-order valence-corrected chi connectivity index (χ4v) is 3.66. The number of aliphatic imine (C=N–C) groups is 1. The van der Waals surface area contributed by atoms with Crippen LogP contribution in [0, 0.1) is 33.3 Å². The quantitative estimate of drug-likeness (QED) is 0.531. The number of fused-ring (bicyclic) bond motifs is 3. The van der Waals surface area contributed by atoms with E-state index >= 15 is 0 Å². The van der Waals surface area contributed by atoms with Gasteiger partial charge in [0, 0.05) is 21.8 Å². The van der Waals surface area contributed by atoms with Crippen molar-refractivity contribution in [2.75, 3.05) is 0 Å². The number of aromatic nitrogens is 4. The molecular formula is C21H18ClN5O2. The maximum Gasteiger partial charge on any atom is 0.322 e. The van der Waals surface area contributed by atoms with Gasteiger partial charge >= 0.3 is 5.97 Å². The van der Waals surface area contributed by atoms with Gasteiger partial charge in [-0.05, 0) is 38.5 Å². The number of halogens is 1. The van der Waals surface area contributed by atoms with Crippen LogP contribution in [-0.2, 0) is 9.53 Å². The minimum Gasteiger partial charge on any atom is -0.372 e. The summed E-state index contributed by atoms with van der Waals surface area (Å²) in [6, 6.07) is 6.83. The van der Waals surface area contributed by atoms with Crippen molar-refractivity contribution in [3.63, 3.8) is 0 Å². The van der Waals surface area contributed by atoms with Crippen molar-refractivity contribution in [3.8, 4) is 18.3 Å². The number of aromatic amines is 1. The third-order valence-corrected chi connectivity index (χ3v) is 5.28. The van der Waals surface area contributed by atoms with Gasteiger partial charge in [0.15, 0.2) is 5.82 Å². The molecule has 1 unspecified atom stereocenters. The van der Waals surface area contributed by atoms with Crippen LogP contribution in [0.2, 0.25) is 5.02 Å². The van der Waals surface area contributed by atoms with Crippen LogP contribution in [0.15, 0.2) is 29.3 Å². The molecule has 1 atom stereocenters. The molecule has 4 rings (SSSR count). The Labute approximate surface area is 172 Å². The molecule has 0 radical (unpaired) electrons. The van der Waals surface area contributed by atoms with E-state index in [1.54, 1.807) is 0 Å². The Morgan fingerprint density at radius 1 is 1.28 bits per heavy atom. The molecule has 1 aliphatic rings. The van der Waals surface area contributed by atoms with Crippen LogP contribution in [-0.4, -0.2) is 31.4 Å². The predicted octanol–water partition coefficient (Wildman–Crippen LogP) is 3.59. The molecule has 0 amide bonds. The monoisotopic (exact) mass is 407 g/mol. The topological polar surface area (TPSA) is 85.2 Å². The van der Waals surface area contributed by atoms with Gasteiger partial charge in [0.05, 0.1) is 12.1 Å². The Bertz CT molecular complexity index is 1180. The molecule has 3 heterocycles. The number of terminal acetylenes is 1. The highest BCUT2D eigenvalue weighted by atomic mass is 35.5. The van der Waals surface area contributed by atoms with E-state index in [1.165, 1.54) is 0 Å². The number of rotatable bonds is 3. The average Bonchev–Trinajstić information content (AvgIpc) is 3.15. The molecule has 8 heteroatoms. The summed E-state index contributed by atoms with van der Waals surface area (Å²) in [6.07, 6.45) is 6.97. The van der Waals surface area contributed by atoms with Gasteiger partial charge in [0.1, 0.15) is 23.8 Å². The van der Waals surface area contributed by atoms with E-state index in [2.05, 4.69) is 15.2 Å². The van der Waals surface area contributed by atoms with Crippen LogP contribution in [0.3, 0.4) is 0 Å². The summed E-state index contributed by atoms with van der Waals surface area (Å²) in [6.45, 7) is 5.89. The van der Waals surface area contributed by atoms with Crippen molar-refractivity contribution >= 4 is 23.3 Å². The number of esters is 1. The van der Waals surface area contributed by atoms with Gasteiger partial charge < -0.3 is 9.72 Å². The average molecular weight is 408 g/mol. The normalized spacial score (nSPS) is 15.0. The van der Waals surface area contributed by atoms with Crippen molar-refractivity contribution in [3.05, 3.63) is 63.3 Å². The maximum atomic E-state index is 12.1. The van der Waals surface area contributed by atoms with Gasteiger partial charge in [0.2, 0.25) is 0 Å². The van der Waals surface area contributed by atoms with Crippen molar-refractivity contribution < 1.29 is 9.53 Å². The largest absolute Gasteiger partial charge is 0.372 e. The second-order valence-corrected chi connectivity index (χ2v) is 7.27. The molecule has 0 saturated carbocycles. The Balaban J connectivity index is 1.98. The van der Waals surface area contributed by atoms with Crippen LogP contribution < -0.4 is 0 Å². The summed E-state index contributed by atoms with van der Waals surface area (Å²) in [5.74, 6) is 1.50. The van der Waals surface area contributed by atoms with Crippen LogP contribution >= 0.6 is 11.6 Å². The summed E-state index contributed by atoms with van der Waals surface area (Å²) < 4.78 is 6.60. The van der Waals surface area contributed by atoms with E-state index in [0.717, 1.165) is 33.9 Å². The number of nitrogens with zero attached hydrogens (tertiary/aromatic N) is 4. The van der Waals surface area contributed by atoms with Crippen molar-refractivity contribution in [2.45, 2.75) is 33.2 Å². The lowest BCUT2D eigenvalue weighted by molar-refractivity contribution is -0.137. The summed E-state index contributed by atoms with van der Waals surface area (Å²) in [4.78, 5) is 20.5. The molecule has 3 aromatic rings. The van der Waals surface area contributed by atoms with E-state index in [4.69, 9.17) is 27.8 Å². The molecular weight excluding hydrogens is 390 g/mol. The van der Waals surface area contributed by atoms with Crippen molar-refractivity contribution in [1.29, 1.82) is 0 Å². The Morgan fingerprint density at radius 2 is 2.00 bits per heavy atom. The second kappa shape index (κ2) is 7.22. The van der Waals surface area contributed by atoms with Gasteiger partial charge in [-0.2, -0.15) is 0 Å². The van der Waals surface area contributed by atoms with E-state index in [9.17, 15) is 4.79 Å². The lowest BCUT2D eigenvalue weighted by atomic mass is 9.99. The molecule has 146 valence electrons. The van der Waals surface area contributed by atoms with Crippen LogP contribution in [0.5, 0.6) is 0 Å². The van der Waals surface area contributed by atoms with E-state index in [1.807, 2.05) is 55.7 Å². The first-order valence-corrected chi connectivity index (χ1v) is 9.39. The molecule has 1 aromatic carbocycles. The molecule has 0 bridgehead atoms. The molecule has 7 nitrogen and oxygen atoms in total. The number of carbonyl (C=O) groups excluding carboxylic acids is 1. The number of benzene rings is 1. The number of hydrogen-bond donors (Lipinski definition) is 1. The lowest BCUT2D eigenvalue weighted by Gasteiger charge is -2.11. The third kappa shape index (κ3) is 3.22. The Morgan fingerprint density at radius 3 is 2.69 bits per heavy atom. The molecule has 1 N–H and O–H groups in total. The molecule has 0 spiro atoms. The number of carbonyl (C=O) groups is 1. The maximum absolute atomic E-state index is 12.1. The first kappa shape index (κ1) is 19.0.